The summed E-state index contributed by atoms with van der Waals surface area (Å²) in [5, 5.41) is 26.6. The number of carbonyl (C=O) groups is 2. The molecule has 0 amide bonds. The summed E-state index contributed by atoms with van der Waals surface area (Å²) < 4.78 is 10.3. The van der Waals surface area contributed by atoms with Crippen molar-refractivity contribution in [3.05, 3.63) is 504 Å². The second-order valence-electron chi connectivity index (χ2n) is 29.5. The Morgan fingerprint density at radius 1 is 0.351 bits per heavy atom. The zero-order chi connectivity index (χ0) is 92.0. The molecule has 1 saturated heterocycles. The van der Waals surface area contributed by atoms with Gasteiger partial charge in [0.2, 0.25) is 0 Å². The van der Waals surface area contributed by atoms with Crippen LogP contribution in [0.1, 0.15) is 97.8 Å². The molecule has 19 rings (SSSR count). The molecule has 16 aromatic carbocycles. The first-order chi connectivity index (χ1) is 63.0. The summed E-state index contributed by atoms with van der Waals surface area (Å²) >= 11 is 40.0. The van der Waals surface area contributed by atoms with Gasteiger partial charge >= 0.3 is 95.0 Å². The summed E-state index contributed by atoms with van der Waals surface area (Å²) in [6, 6.07) is 139. The summed E-state index contributed by atoms with van der Waals surface area (Å²) in [6.45, 7) is 7.72. The minimum atomic E-state index is -1.61. The predicted octanol–water partition coefficient (Wildman–Crippen LogP) is 23.9. The normalized spacial score (nSPS) is 13.5. The molecule has 664 valence electrons. The van der Waals surface area contributed by atoms with Crippen LogP contribution in [0.5, 0.6) is 0 Å². The molecule has 0 bridgehead atoms. The van der Waals surface area contributed by atoms with Crippen molar-refractivity contribution in [1.29, 1.82) is 0 Å². The van der Waals surface area contributed by atoms with Gasteiger partial charge in [-0.05, 0) is 253 Å². The molecular weight excluding hydrogens is 2230 g/mol. The van der Waals surface area contributed by atoms with Crippen molar-refractivity contribution in [2.24, 2.45) is 4.30 Å². The van der Waals surface area contributed by atoms with Crippen molar-refractivity contribution in [2.45, 2.75) is 47.1 Å². The van der Waals surface area contributed by atoms with Gasteiger partial charge in [0, 0.05) is 146 Å². The van der Waals surface area contributed by atoms with E-state index in [-0.39, 0.29) is 114 Å². The molecule has 0 saturated carbocycles. The van der Waals surface area contributed by atoms with Gasteiger partial charge in [0.15, 0.2) is 11.6 Å². The summed E-state index contributed by atoms with van der Waals surface area (Å²) in [5.74, 6) is -0.207. The number of carbonyl (C=O) groups excluding carboxylic acids is 2. The van der Waals surface area contributed by atoms with Crippen molar-refractivity contribution in [1.82, 2.24) is 0 Å². The minimum Gasteiger partial charge on any atom is -1.00 e. The van der Waals surface area contributed by atoms with E-state index in [0.717, 1.165) is 93.2 Å². The molecule has 10 nitrogen and oxygen atoms in total. The Balaban J connectivity index is 0.000000231. The van der Waals surface area contributed by atoms with E-state index in [1.165, 1.54) is 36.3 Å². The number of hydrogen-bond donors (Lipinski definition) is 3. The van der Waals surface area contributed by atoms with Crippen LogP contribution in [0, 0.1) is 6.92 Å². The topological polar surface area (TPSA) is 109 Å². The Morgan fingerprint density at radius 2 is 0.537 bits per heavy atom. The Hall–Kier alpha value is -7.26. The monoisotopic (exact) mass is 2310 g/mol. The van der Waals surface area contributed by atoms with Crippen LogP contribution >= 0.6 is 139 Å². The van der Waals surface area contributed by atoms with Crippen LogP contribution in [0.15, 0.2) is 445 Å². The maximum atomic E-state index is 13.3. The maximum absolute atomic E-state index is 13.3. The summed E-state index contributed by atoms with van der Waals surface area (Å²) in [4.78, 5) is 33.5. The average molecular weight is 2320 g/mol. The smallest absolute Gasteiger partial charge is 1.00 e. The molecule has 2 N–H and O–H groups in total. The van der Waals surface area contributed by atoms with E-state index >= 15 is 0 Å². The predicted molar refractivity (Wildman–Crippen MR) is 569 cm³/mol. The van der Waals surface area contributed by atoms with Crippen LogP contribution < -0.4 is 114 Å². The number of thiol groups is 1. The van der Waals surface area contributed by atoms with E-state index in [1.807, 2.05) is 188 Å². The molecule has 2 atom stereocenters. The molecule has 4 radical (unpaired) electrons. The van der Waals surface area contributed by atoms with Crippen LogP contribution in [0.25, 0.3) is 0 Å². The largest absolute Gasteiger partial charge is 1.00 e. The van der Waals surface area contributed by atoms with Gasteiger partial charge in [-0.25, -0.2) is 0 Å². The molecule has 2 unspecified atom stereocenters. The van der Waals surface area contributed by atoms with Gasteiger partial charge in [-0.3, -0.25) is 9.59 Å². The number of ether oxygens (including phenoxy) is 1. The van der Waals surface area contributed by atoms with E-state index in [0.29, 0.717) is 55.6 Å². The Kier molecular flexibility index (Phi) is 46.9. The molecule has 25 heteroatoms. The van der Waals surface area contributed by atoms with Crippen LogP contribution in [0.2, 0.25) is 0 Å². The van der Waals surface area contributed by atoms with E-state index < -0.39 is 14.5 Å². The third-order valence-electron chi connectivity index (χ3n) is 20.9. The molecule has 1 heterocycles. The SMILES string of the molecule is Brc1ccc(N(c2ccccc2)c2ccccc2)cc1.C1CCOC1.ClC(Cl)(Cl)Cl.O=C1c2ccc(Br)cc2C(=O)c2ccc(Br)cc21.OC1(c2ccc(N(c3ccccc3)c3ccccc3)cc2)c2ccc(Br)cc2C(O)(c2ccc(N(c3ccccc3)c3ccccc3)cc2)c2ccc(Br)cc21.[B].[B]=NS.[CH2-]CCC.[I-].[K+].[Li+].c1ccc(N(c2ccccc2)c2ccccc2)cc1. The molecular formula is C109H89B2Br5Cl4IKLiN5O5S. The van der Waals surface area contributed by atoms with Gasteiger partial charge in [-0.2, -0.15) is 6.42 Å². The first-order valence-corrected chi connectivity index (χ1v) is 47.5. The van der Waals surface area contributed by atoms with Gasteiger partial charge in [0.25, 0.3) is 3.25 Å². The number of rotatable bonds is 15. The van der Waals surface area contributed by atoms with Crippen molar-refractivity contribution in [2.75, 3.05) is 32.8 Å². The van der Waals surface area contributed by atoms with Crippen LogP contribution in [-0.2, 0) is 15.9 Å². The fourth-order valence-electron chi connectivity index (χ4n) is 15.1. The van der Waals surface area contributed by atoms with Gasteiger partial charge in [0.05, 0.1) is 0 Å². The summed E-state index contributed by atoms with van der Waals surface area (Å²) in [7, 11) is 4.34. The van der Waals surface area contributed by atoms with Gasteiger partial charge < -0.3 is 65.4 Å². The molecule has 1 fully saturated rings. The molecule has 0 aromatic heterocycles. The number of halogens is 10. The molecule has 134 heavy (non-hydrogen) atoms. The van der Waals surface area contributed by atoms with Crippen LogP contribution in [0.3, 0.4) is 0 Å². The average Bonchev–Trinajstić information content (AvgIpc) is 0.729. The third kappa shape index (κ3) is 29.9. The van der Waals surface area contributed by atoms with Crippen molar-refractivity contribution < 1.29 is 119 Å². The number of fused-ring (bicyclic) bond motifs is 4. The number of hydrogen-bond acceptors (Lipinski definition) is 11. The van der Waals surface area contributed by atoms with E-state index in [9.17, 15) is 19.8 Å². The standard InChI is InChI=1S/C50H36Br2N2O2.C18H14BrN.C18H15N.C14H6Br2O2.C4H8O.C4H9.CCl4.BHNS.B.HI.K.Li/c51-37-26-32-46-47(33-37)49(55,35-21-27-43(28-22-35)53(39-13-5-1-6-14-39)40-15-7-2-8-16-40)45-31-25-38(52)34-48(45)50(46,56)36-23-29-44(30-24-36)54(41-17-9-3-10-18-41)42-19-11-4-12-20-42;19-15-11-13-18(14-12-15)20(16-7-3-1-4-8-16)17-9-5-2-6-10-17;1-4-10-16(11-5-1)19(17-12-6-2-7-13-17)18-14-8-3-9-15-18;15-7-1-3-9-11(5-7)14(18)10-4-2-8(16)6-12(10)13(9)17;1-2-4-5-3-1;1-3-4-2;2-1(3,4)5;1-2-3;;;;/h1-34,55-56H;1-14H;1-15H;1-6H;1-4H2;1,3-4H2,2H3;;3H;;1H;;/q;;;;;-1;;;;;2*+1/p-1. The van der Waals surface area contributed by atoms with Gasteiger partial charge in [-0.15, -0.1) is 0 Å². The quantitative estimate of drug-likeness (QED) is 0.0304. The van der Waals surface area contributed by atoms with E-state index in [1.54, 1.807) is 36.4 Å². The first-order valence-electron chi connectivity index (χ1n) is 41.6. The second-order valence-corrected chi connectivity index (χ2v) is 37.7. The van der Waals surface area contributed by atoms with Crippen LogP contribution in [0.4, 0.5) is 68.2 Å². The van der Waals surface area contributed by atoms with Crippen molar-refractivity contribution >= 4 is 235 Å². The molecule has 0 spiro atoms. The fraction of sp³-hybridized carbons (Fsp3) is 0.0917. The van der Waals surface area contributed by atoms with Crippen LogP contribution in [-0.4, -0.2) is 54.3 Å². The van der Waals surface area contributed by atoms with E-state index in [2.05, 4.69) is 332 Å². The number of ketones is 2. The number of para-hydroxylation sites is 9. The molecule has 1 aliphatic heterocycles. The zero-order valence-corrected chi connectivity index (χ0v) is 90.7. The number of aliphatic hydroxyl groups is 2. The van der Waals surface area contributed by atoms with Crippen molar-refractivity contribution in [3.8, 4) is 0 Å². The molecule has 16 aromatic rings. The number of anilines is 12. The van der Waals surface area contributed by atoms with Gasteiger partial charge in [0.1, 0.15) is 11.2 Å². The number of alkyl halides is 4. The van der Waals surface area contributed by atoms with Crippen molar-refractivity contribution in [3.63, 3.8) is 0 Å². The Bertz CT molecular complexity index is 5850. The Labute approximate surface area is 929 Å². The zero-order valence-electron chi connectivity index (χ0n) is 73.5. The maximum Gasteiger partial charge on any atom is 1.00 e. The van der Waals surface area contributed by atoms with E-state index in [4.69, 9.17) is 51.1 Å². The fourth-order valence-corrected chi connectivity index (χ4v) is 16.8. The number of benzene rings is 16. The second kappa shape index (κ2) is 56.1. The van der Waals surface area contributed by atoms with Gasteiger partial charge in [-0.1, -0.05) is 340 Å². The Morgan fingerprint density at radius 3 is 0.739 bits per heavy atom. The molecule has 3 aliphatic rings. The number of unbranched alkanes of at least 4 members (excludes halogenated alkanes) is 1. The number of nitrogens with zero attached hydrogens (tertiary/aromatic N) is 5. The summed E-state index contributed by atoms with van der Waals surface area (Å²) in [5.41, 5.74) is 15.4. The summed E-state index contributed by atoms with van der Waals surface area (Å²) in [6.07, 6.45) is 4.83. The third-order valence-corrected chi connectivity index (χ3v) is 23.4. The first kappa shape index (κ1) is 112. The molecule has 2 aliphatic carbocycles. The minimum absolute atomic E-state index is 0.